The zero-order chi connectivity index (χ0) is 11.4. The van der Waals surface area contributed by atoms with E-state index in [2.05, 4.69) is 34.8 Å². The zero-order valence-corrected chi connectivity index (χ0v) is 11.0. The van der Waals surface area contributed by atoms with Crippen molar-refractivity contribution in [2.45, 2.75) is 33.2 Å². The number of nitrogens with zero attached hydrogens (tertiary/aromatic N) is 1. The quantitative estimate of drug-likeness (QED) is 0.824. The minimum atomic E-state index is 0.478. The lowest BCUT2D eigenvalue weighted by molar-refractivity contribution is 0.291. The molecule has 0 aliphatic carbocycles. The van der Waals surface area contributed by atoms with E-state index in [1.165, 1.54) is 24.4 Å². The van der Waals surface area contributed by atoms with Crippen molar-refractivity contribution in [1.29, 1.82) is 0 Å². The average Bonchev–Trinajstić information content (AvgIpc) is 2.89. The molecule has 0 radical (unpaired) electrons. The molecule has 1 aliphatic heterocycles. The third kappa shape index (κ3) is 2.81. The van der Waals surface area contributed by atoms with Gasteiger partial charge in [0.1, 0.15) is 5.01 Å². The molecule has 0 spiro atoms. The van der Waals surface area contributed by atoms with Crippen LogP contribution < -0.4 is 10.6 Å². The van der Waals surface area contributed by atoms with E-state index in [-0.39, 0.29) is 0 Å². The minimum Gasteiger partial charge on any atom is -0.316 e. The summed E-state index contributed by atoms with van der Waals surface area (Å²) in [6, 6.07) is 0. The zero-order valence-electron chi connectivity index (χ0n) is 10.2. The van der Waals surface area contributed by atoms with Crippen LogP contribution in [0.4, 0.5) is 0 Å². The summed E-state index contributed by atoms with van der Waals surface area (Å²) in [5.74, 6) is 0. The van der Waals surface area contributed by atoms with Gasteiger partial charge in [0.05, 0.1) is 0 Å². The molecule has 0 aromatic carbocycles. The molecule has 1 unspecified atom stereocenters. The SMILES string of the molecule is CCC1(CNCc2nc(C)cs2)CCNC1. The molecule has 3 nitrogen and oxygen atoms in total. The van der Waals surface area contributed by atoms with E-state index >= 15 is 0 Å². The molecule has 1 saturated heterocycles. The monoisotopic (exact) mass is 239 g/mol. The topological polar surface area (TPSA) is 37.0 Å². The molecule has 1 aromatic heterocycles. The Morgan fingerprint density at radius 3 is 3.06 bits per heavy atom. The predicted octanol–water partition coefficient (Wildman–Crippen LogP) is 1.93. The molecule has 1 fully saturated rings. The van der Waals surface area contributed by atoms with Gasteiger partial charge >= 0.3 is 0 Å². The van der Waals surface area contributed by atoms with Gasteiger partial charge in [0.2, 0.25) is 0 Å². The van der Waals surface area contributed by atoms with Crippen LogP contribution in [-0.4, -0.2) is 24.6 Å². The third-order valence-corrected chi connectivity index (χ3v) is 4.49. The number of thiazole rings is 1. The van der Waals surface area contributed by atoms with Crippen molar-refractivity contribution >= 4 is 11.3 Å². The molecule has 1 aromatic rings. The molecule has 90 valence electrons. The Morgan fingerprint density at radius 2 is 2.50 bits per heavy atom. The van der Waals surface area contributed by atoms with Gasteiger partial charge in [-0.15, -0.1) is 11.3 Å². The van der Waals surface area contributed by atoms with Crippen molar-refractivity contribution in [1.82, 2.24) is 15.6 Å². The Labute approximate surface area is 102 Å². The highest BCUT2D eigenvalue weighted by Crippen LogP contribution is 2.28. The number of rotatable bonds is 5. The van der Waals surface area contributed by atoms with Crippen molar-refractivity contribution in [3.8, 4) is 0 Å². The molecule has 2 rings (SSSR count). The maximum absolute atomic E-state index is 4.46. The molecule has 0 amide bonds. The molecule has 16 heavy (non-hydrogen) atoms. The Kier molecular flexibility index (Phi) is 3.95. The van der Waals surface area contributed by atoms with Crippen LogP contribution in [0.25, 0.3) is 0 Å². The van der Waals surface area contributed by atoms with Crippen molar-refractivity contribution in [3.05, 3.63) is 16.1 Å². The van der Waals surface area contributed by atoms with Gasteiger partial charge in [-0.2, -0.15) is 0 Å². The van der Waals surface area contributed by atoms with E-state index in [0.717, 1.165) is 25.3 Å². The summed E-state index contributed by atoms with van der Waals surface area (Å²) in [6.07, 6.45) is 2.55. The van der Waals surface area contributed by atoms with Crippen molar-refractivity contribution < 1.29 is 0 Å². The van der Waals surface area contributed by atoms with Crippen LogP contribution in [0.15, 0.2) is 5.38 Å². The maximum atomic E-state index is 4.46. The number of hydrogen-bond donors (Lipinski definition) is 2. The largest absolute Gasteiger partial charge is 0.316 e. The van der Waals surface area contributed by atoms with Gasteiger partial charge in [0.15, 0.2) is 0 Å². The normalized spacial score (nSPS) is 25.1. The Bertz CT molecular complexity index is 329. The fourth-order valence-corrected chi connectivity index (χ4v) is 3.03. The van der Waals surface area contributed by atoms with Gasteiger partial charge in [-0.1, -0.05) is 6.92 Å². The van der Waals surface area contributed by atoms with Crippen molar-refractivity contribution in [2.75, 3.05) is 19.6 Å². The van der Waals surface area contributed by atoms with Crippen LogP contribution >= 0.6 is 11.3 Å². The maximum Gasteiger partial charge on any atom is 0.107 e. The molecule has 4 heteroatoms. The molecule has 2 heterocycles. The third-order valence-electron chi connectivity index (χ3n) is 3.52. The lowest BCUT2D eigenvalue weighted by Crippen LogP contribution is -2.35. The average molecular weight is 239 g/mol. The molecule has 1 atom stereocenters. The number of aromatic nitrogens is 1. The van der Waals surface area contributed by atoms with Gasteiger partial charge in [-0.3, -0.25) is 0 Å². The lowest BCUT2D eigenvalue weighted by Gasteiger charge is -2.26. The van der Waals surface area contributed by atoms with Gasteiger partial charge in [-0.05, 0) is 31.7 Å². The van der Waals surface area contributed by atoms with E-state index < -0.39 is 0 Å². The summed E-state index contributed by atoms with van der Waals surface area (Å²) in [4.78, 5) is 4.46. The second-order valence-corrected chi connectivity index (χ2v) is 5.71. The van der Waals surface area contributed by atoms with E-state index in [1.54, 1.807) is 11.3 Å². The second-order valence-electron chi connectivity index (χ2n) is 4.77. The van der Waals surface area contributed by atoms with Gasteiger partial charge in [0.25, 0.3) is 0 Å². The Morgan fingerprint density at radius 1 is 1.62 bits per heavy atom. The summed E-state index contributed by atoms with van der Waals surface area (Å²) in [5, 5.41) is 10.3. The van der Waals surface area contributed by atoms with Gasteiger partial charge in [0, 0.05) is 30.7 Å². The summed E-state index contributed by atoms with van der Waals surface area (Å²) in [7, 11) is 0. The number of nitrogens with one attached hydrogen (secondary N) is 2. The summed E-state index contributed by atoms with van der Waals surface area (Å²) in [5.41, 5.74) is 1.61. The first-order valence-corrected chi connectivity index (χ1v) is 6.94. The van der Waals surface area contributed by atoms with E-state index in [9.17, 15) is 0 Å². The van der Waals surface area contributed by atoms with E-state index in [4.69, 9.17) is 0 Å². The molecule has 0 bridgehead atoms. The molecule has 2 N–H and O–H groups in total. The Balaban J connectivity index is 1.78. The van der Waals surface area contributed by atoms with E-state index in [0.29, 0.717) is 5.41 Å². The number of hydrogen-bond acceptors (Lipinski definition) is 4. The van der Waals surface area contributed by atoms with E-state index in [1.807, 2.05) is 0 Å². The second kappa shape index (κ2) is 5.25. The van der Waals surface area contributed by atoms with Crippen LogP contribution in [0.3, 0.4) is 0 Å². The molecular formula is C12H21N3S. The summed E-state index contributed by atoms with van der Waals surface area (Å²) in [6.45, 7) is 8.70. The number of aryl methyl sites for hydroxylation is 1. The fourth-order valence-electron chi connectivity index (χ4n) is 2.29. The standard InChI is InChI=1S/C12H21N3S/c1-3-12(4-5-13-8-12)9-14-6-11-15-10(2)7-16-11/h7,13-14H,3-6,8-9H2,1-2H3. The summed E-state index contributed by atoms with van der Waals surface area (Å²) >= 11 is 1.75. The lowest BCUT2D eigenvalue weighted by atomic mass is 9.84. The van der Waals surface area contributed by atoms with Crippen LogP contribution in [0.5, 0.6) is 0 Å². The highest BCUT2D eigenvalue weighted by molar-refractivity contribution is 7.09. The highest BCUT2D eigenvalue weighted by atomic mass is 32.1. The Hall–Kier alpha value is -0.450. The van der Waals surface area contributed by atoms with Crippen molar-refractivity contribution in [3.63, 3.8) is 0 Å². The minimum absolute atomic E-state index is 0.478. The smallest absolute Gasteiger partial charge is 0.107 e. The fraction of sp³-hybridized carbons (Fsp3) is 0.750. The van der Waals surface area contributed by atoms with Crippen LogP contribution in [-0.2, 0) is 6.54 Å². The van der Waals surface area contributed by atoms with Gasteiger partial charge in [-0.25, -0.2) is 4.98 Å². The van der Waals surface area contributed by atoms with Crippen LogP contribution in [0, 0.1) is 12.3 Å². The predicted molar refractivity (Wildman–Crippen MR) is 68.8 cm³/mol. The first kappa shape index (κ1) is 12.0. The first-order valence-electron chi connectivity index (χ1n) is 6.06. The summed E-state index contributed by atoms with van der Waals surface area (Å²) < 4.78 is 0. The highest BCUT2D eigenvalue weighted by Gasteiger charge is 2.31. The molecule has 0 saturated carbocycles. The van der Waals surface area contributed by atoms with Crippen molar-refractivity contribution in [2.24, 2.45) is 5.41 Å². The van der Waals surface area contributed by atoms with Crippen LogP contribution in [0.2, 0.25) is 0 Å². The van der Waals surface area contributed by atoms with Gasteiger partial charge < -0.3 is 10.6 Å². The molecule has 1 aliphatic rings. The first-order chi connectivity index (χ1) is 7.74. The molecular weight excluding hydrogens is 218 g/mol. The van der Waals surface area contributed by atoms with Crippen LogP contribution in [0.1, 0.15) is 30.5 Å².